The summed E-state index contributed by atoms with van der Waals surface area (Å²) in [7, 11) is 0. The minimum absolute atomic E-state index is 0.0103. The number of pyridine rings is 1. The Bertz CT molecular complexity index is 564. The smallest absolute Gasteiger partial charge is 0.141 e. The molecule has 106 valence electrons. The van der Waals surface area contributed by atoms with Gasteiger partial charge in [0.15, 0.2) is 0 Å². The van der Waals surface area contributed by atoms with Gasteiger partial charge in [0, 0.05) is 0 Å². The minimum Gasteiger partial charge on any atom is -0.305 e. The van der Waals surface area contributed by atoms with Crippen LogP contribution in [0.15, 0.2) is 36.5 Å². The van der Waals surface area contributed by atoms with Gasteiger partial charge in [-0.15, -0.1) is 0 Å². The third-order valence-electron chi connectivity index (χ3n) is 3.38. The number of rotatable bonds is 5. The zero-order valence-corrected chi connectivity index (χ0v) is 12.3. The summed E-state index contributed by atoms with van der Waals surface area (Å²) >= 11 is 0. The largest absolute Gasteiger partial charge is 0.305 e. The van der Waals surface area contributed by atoms with E-state index in [1.54, 1.807) is 6.07 Å². The highest BCUT2D eigenvalue weighted by molar-refractivity contribution is 5.37. The van der Waals surface area contributed by atoms with Crippen LogP contribution < -0.4 is 5.32 Å². The maximum absolute atomic E-state index is 13.1. The molecule has 2 rings (SSSR count). The third kappa shape index (κ3) is 3.42. The van der Waals surface area contributed by atoms with Crippen LogP contribution in [0.3, 0.4) is 0 Å². The Kier molecular flexibility index (Phi) is 4.85. The van der Waals surface area contributed by atoms with E-state index in [-0.39, 0.29) is 11.9 Å². The molecule has 0 bridgehead atoms. The van der Waals surface area contributed by atoms with Crippen LogP contribution >= 0.6 is 0 Å². The van der Waals surface area contributed by atoms with Gasteiger partial charge in [-0.3, -0.25) is 4.98 Å². The van der Waals surface area contributed by atoms with Crippen LogP contribution in [0, 0.1) is 19.7 Å². The molecule has 1 N–H and O–H groups in total. The van der Waals surface area contributed by atoms with Crippen molar-refractivity contribution in [3.63, 3.8) is 0 Å². The highest BCUT2D eigenvalue weighted by atomic mass is 19.1. The molecule has 1 unspecified atom stereocenters. The molecule has 1 heterocycles. The fourth-order valence-corrected chi connectivity index (χ4v) is 2.37. The van der Waals surface area contributed by atoms with E-state index in [4.69, 9.17) is 0 Å². The van der Waals surface area contributed by atoms with Crippen molar-refractivity contribution in [2.75, 3.05) is 6.54 Å². The number of aryl methyl sites for hydroxylation is 2. The summed E-state index contributed by atoms with van der Waals surface area (Å²) < 4.78 is 13.1. The van der Waals surface area contributed by atoms with Crippen molar-refractivity contribution in [2.24, 2.45) is 0 Å². The molecule has 0 aliphatic heterocycles. The monoisotopic (exact) mass is 272 g/mol. The first-order valence-electron chi connectivity index (χ1n) is 7.03. The van der Waals surface area contributed by atoms with Gasteiger partial charge in [0.25, 0.3) is 0 Å². The molecule has 1 aromatic carbocycles. The van der Waals surface area contributed by atoms with E-state index in [0.29, 0.717) is 0 Å². The highest BCUT2D eigenvalue weighted by Gasteiger charge is 2.16. The quantitative estimate of drug-likeness (QED) is 0.892. The summed E-state index contributed by atoms with van der Waals surface area (Å²) in [6.07, 6.45) is 2.32. The van der Waals surface area contributed by atoms with Gasteiger partial charge >= 0.3 is 0 Å². The van der Waals surface area contributed by atoms with Crippen molar-refractivity contribution in [1.29, 1.82) is 0 Å². The van der Waals surface area contributed by atoms with E-state index in [2.05, 4.69) is 49.3 Å². The molecular weight excluding hydrogens is 251 g/mol. The molecule has 20 heavy (non-hydrogen) atoms. The molecule has 0 fully saturated rings. The molecule has 0 aliphatic carbocycles. The highest BCUT2D eigenvalue weighted by Crippen LogP contribution is 2.24. The first-order valence-corrected chi connectivity index (χ1v) is 7.03. The molecule has 0 aliphatic rings. The lowest BCUT2D eigenvalue weighted by atomic mass is 9.96. The molecular formula is C17H21FN2. The lowest BCUT2D eigenvalue weighted by molar-refractivity contribution is 0.574. The van der Waals surface area contributed by atoms with Crippen molar-refractivity contribution in [3.05, 3.63) is 64.7 Å². The fraction of sp³-hybridized carbons (Fsp3) is 0.353. The first kappa shape index (κ1) is 14.7. The zero-order valence-electron chi connectivity index (χ0n) is 12.3. The Balaban J connectivity index is 2.38. The van der Waals surface area contributed by atoms with E-state index in [0.717, 1.165) is 18.7 Å². The SMILES string of the molecule is CCCNC(c1ccc(F)cn1)c1ccc(C)cc1C. The molecule has 1 atom stereocenters. The van der Waals surface area contributed by atoms with Crippen LogP contribution in [0.4, 0.5) is 4.39 Å². The summed E-state index contributed by atoms with van der Waals surface area (Å²) in [4.78, 5) is 4.23. The van der Waals surface area contributed by atoms with Gasteiger partial charge in [-0.05, 0) is 50.1 Å². The van der Waals surface area contributed by atoms with Crippen molar-refractivity contribution < 1.29 is 4.39 Å². The van der Waals surface area contributed by atoms with Gasteiger partial charge in [-0.2, -0.15) is 0 Å². The summed E-state index contributed by atoms with van der Waals surface area (Å²) in [6, 6.07) is 9.62. The van der Waals surface area contributed by atoms with Crippen molar-refractivity contribution in [3.8, 4) is 0 Å². The van der Waals surface area contributed by atoms with Gasteiger partial charge in [0.2, 0.25) is 0 Å². The Morgan fingerprint density at radius 1 is 1.20 bits per heavy atom. The van der Waals surface area contributed by atoms with Crippen molar-refractivity contribution >= 4 is 0 Å². The maximum Gasteiger partial charge on any atom is 0.141 e. The summed E-state index contributed by atoms with van der Waals surface area (Å²) in [5.41, 5.74) is 4.52. The summed E-state index contributed by atoms with van der Waals surface area (Å²) in [6.45, 7) is 7.22. The van der Waals surface area contributed by atoms with Crippen LogP contribution in [-0.2, 0) is 0 Å². The summed E-state index contributed by atoms with van der Waals surface area (Å²) in [5, 5.41) is 3.50. The topological polar surface area (TPSA) is 24.9 Å². The molecule has 0 radical (unpaired) electrons. The molecule has 1 aromatic heterocycles. The van der Waals surface area contributed by atoms with Crippen LogP contribution in [0.25, 0.3) is 0 Å². The second kappa shape index (κ2) is 6.62. The number of hydrogen-bond donors (Lipinski definition) is 1. The number of nitrogens with zero attached hydrogens (tertiary/aromatic N) is 1. The molecule has 0 spiro atoms. The predicted octanol–water partition coefficient (Wildman–Crippen LogP) is 3.93. The number of aromatic nitrogens is 1. The molecule has 3 heteroatoms. The van der Waals surface area contributed by atoms with E-state index < -0.39 is 0 Å². The lowest BCUT2D eigenvalue weighted by Gasteiger charge is -2.21. The Labute approximate surface area is 120 Å². The summed E-state index contributed by atoms with van der Waals surface area (Å²) in [5.74, 6) is -0.302. The maximum atomic E-state index is 13.1. The molecule has 0 amide bonds. The number of halogens is 1. The molecule has 0 saturated heterocycles. The fourth-order valence-electron chi connectivity index (χ4n) is 2.37. The third-order valence-corrected chi connectivity index (χ3v) is 3.38. The second-order valence-corrected chi connectivity index (χ2v) is 5.15. The van der Waals surface area contributed by atoms with Gasteiger partial charge in [-0.1, -0.05) is 30.7 Å². The van der Waals surface area contributed by atoms with Crippen LogP contribution in [0.5, 0.6) is 0 Å². The Morgan fingerprint density at radius 3 is 2.60 bits per heavy atom. The first-order chi connectivity index (χ1) is 9.61. The number of benzene rings is 1. The molecule has 2 nitrogen and oxygen atoms in total. The zero-order chi connectivity index (χ0) is 14.5. The van der Waals surface area contributed by atoms with Gasteiger partial charge in [0.1, 0.15) is 5.82 Å². The Hall–Kier alpha value is -1.74. The van der Waals surface area contributed by atoms with Gasteiger partial charge in [-0.25, -0.2) is 4.39 Å². The van der Waals surface area contributed by atoms with E-state index >= 15 is 0 Å². The number of nitrogens with one attached hydrogen (secondary N) is 1. The molecule has 0 saturated carbocycles. The standard InChI is InChI=1S/C17H21FN2/c1-4-9-19-17(16-8-6-14(18)11-20-16)15-7-5-12(2)10-13(15)3/h5-8,10-11,17,19H,4,9H2,1-3H3. The van der Waals surface area contributed by atoms with E-state index in [1.807, 2.05) is 0 Å². The normalized spacial score (nSPS) is 12.4. The van der Waals surface area contributed by atoms with E-state index in [1.165, 1.54) is 29.0 Å². The van der Waals surface area contributed by atoms with Gasteiger partial charge in [0.05, 0.1) is 17.9 Å². The average Bonchev–Trinajstić information content (AvgIpc) is 2.42. The predicted molar refractivity (Wildman–Crippen MR) is 80.2 cm³/mol. The van der Waals surface area contributed by atoms with Crippen LogP contribution in [0.1, 0.15) is 41.8 Å². The number of hydrogen-bond acceptors (Lipinski definition) is 2. The van der Waals surface area contributed by atoms with Crippen LogP contribution in [-0.4, -0.2) is 11.5 Å². The van der Waals surface area contributed by atoms with Crippen LogP contribution in [0.2, 0.25) is 0 Å². The van der Waals surface area contributed by atoms with Gasteiger partial charge < -0.3 is 5.32 Å². The molecule has 2 aromatic rings. The minimum atomic E-state index is -0.302. The Morgan fingerprint density at radius 2 is 2.00 bits per heavy atom. The van der Waals surface area contributed by atoms with E-state index in [9.17, 15) is 4.39 Å². The average molecular weight is 272 g/mol. The lowest BCUT2D eigenvalue weighted by Crippen LogP contribution is -2.24. The van der Waals surface area contributed by atoms with Crippen molar-refractivity contribution in [1.82, 2.24) is 10.3 Å². The van der Waals surface area contributed by atoms with Crippen molar-refractivity contribution in [2.45, 2.75) is 33.2 Å². The second-order valence-electron chi connectivity index (χ2n) is 5.15.